The summed E-state index contributed by atoms with van der Waals surface area (Å²) in [5.41, 5.74) is 3.19. The Balaban J connectivity index is 1.57. The van der Waals surface area contributed by atoms with Crippen molar-refractivity contribution < 1.29 is 17.6 Å². The Labute approximate surface area is 201 Å². The summed E-state index contributed by atoms with van der Waals surface area (Å²) in [5.74, 6) is -0.323. The molecular formula is C27H31FN2O3S. The first kappa shape index (κ1) is 25.6. The van der Waals surface area contributed by atoms with Crippen LogP contribution in [0.1, 0.15) is 37.0 Å². The Morgan fingerprint density at radius 2 is 1.53 bits per heavy atom. The predicted molar refractivity (Wildman–Crippen MR) is 134 cm³/mol. The van der Waals surface area contributed by atoms with Gasteiger partial charge in [0, 0.05) is 24.3 Å². The van der Waals surface area contributed by atoms with E-state index < -0.39 is 9.84 Å². The van der Waals surface area contributed by atoms with Crippen molar-refractivity contribution in [2.45, 2.75) is 44.7 Å². The van der Waals surface area contributed by atoms with Gasteiger partial charge in [0.15, 0.2) is 9.84 Å². The minimum absolute atomic E-state index is 0.0438. The van der Waals surface area contributed by atoms with Crippen molar-refractivity contribution in [1.82, 2.24) is 4.90 Å². The first-order chi connectivity index (χ1) is 16.3. The van der Waals surface area contributed by atoms with Gasteiger partial charge in [-0.25, -0.2) is 12.8 Å². The number of anilines is 1. The molecule has 0 aromatic heterocycles. The molecule has 0 bridgehead atoms. The van der Waals surface area contributed by atoms with E-state index in [0.717, 1.165) is 24.1 Å². The molecule has 3 aromatic carbocycles. The van der Waals surface area contributed by atoms with Crippen molar-refractivity contribution in [2.24, 2.45) is 0 Å². The lowest BCUT2D eigenvalue weighted by Gasteiger charge is -2.22. The van der Waals surface area contributed by atoms with Gasteiger partial charge < -0.3 is 5.32 Å². The van der Waals surface area contributed by atoms with Gasteiger partial charge in [-0.2, -0.15) is 0 Å². The fourth-order valence-electron chi connectivity index (χ4n) is 3.72. The van der Waals surface area contributed by atoms with Crippen LogP contribution in [0.3, 0.4) is 0 Å². The summed E-state index contributed by atoms with van der Waals surface area (Å²) in [6.45, 7) is 5.78. The summed E-state index contributed by atoms with van der Waals surface area (Å²) in [6.07, 6.45) is 1.12. The Morgan fingerprint density at radius 3 is 2.15 bits per heavy atom. The smallest absolute Gasteiger partial charge is 0.228 e. The van der Waals surface area contributed by atoms with E-state index in [2.05, 4.69) is 17.1 Å². The van der Waals surface area contributed by atoms with E-state index in [-0.39, 0.29) is 28.8 Å². The van der Waals surface area contributed by atoms with Crippen molar-refractivity contribution in [3.8, 4) is 0 Å². The monoisotopic (exact) mass is 482 g/mol. The summed E-state index contributed by atoms with van der Waals surface area (Å²) in [5, 5.41) is 2.88. The van der Waals surface area contributed by atoms with E-state index in [1.807, 2.05) is 36.4 Å². The molecule has 7 heteroatoms. The maximum atomic E-state index is 14.1. The van der Waals surface area contributed by atoms with Crippen LogP contribution in [0.15, 0.2) is 77.7 Å². The van der Waals surface area contributed by atoms with Crippen molar-refractivity contribution >= 4 is 21.4 Å². The number of carbonyl (C=O) groups excluding carboxylic acids is 1. The van der Waals surface area contributed by atoms with Crippen LogP contribution in [0.5, 0.6) is 0 Å². The first-order valence-corrected chi connectivity index (χ1v) is 13.1. The molecule has 0 radical (unpaired) electrons. The van der Waals surface area contributed by atoms with Crippen LogP contribution < -0.4 is 5.32 Å². The number of rotatable bonds is 11. The molecule has 3 aromatic rings. The molecule has 5 nitrogen and oxygen atoms in total. The number of amides is 1. The quantitative estimate of drug-likeness (QED) is 0.407. The van der Waals surface area contributed by atoms with Crippen molar-refractivity contribution in [3.05, 3.63) is 95.3 Å². The number of halogens is 1. The van der Waals surface area contributed by atoms with Crippen molar-refractivity contribution in [3.63, 3.8) is 0 Å². The summed E-state index contributed by atoms with van der Waals surface area (Å²) in [6, 6.07) is 20.9. The van der Waals surface area contributed by atoms with E-state index in [4.69, 9.17) is 0 Å². The summed E-state index contributed by atoms with van der Waals surface area (Å²) in [7, 11) is -3.25. The van der Waals surface area contributed by atoms with Crippen LogP contribution in [-0.2, 0) is 34.1 Å². The van der Waals surface area contributed by atoms with Crippen LogP contribution >= 0.6 is 0 Å². The maximum absolute atomic E-state index is 14.1. The number of carbonyl (C=O) groups is 1. The largest absolute Gasteiger partial charge is 0.326 e. The molecule has 0 aliphatic rings. The lowest BCUT2D eigenvalue weighted by Crippen LogP contribution is -2.24. The Hall–Kier alpha value is -3.03. The SMILES string of the molecule is CCCN(Cc1ccc(NC(=O)Cc2ccc(S(=O)(=O)CC)cc2)cc1)Cc1ccccc1F. The minimum Gasteiger partial charge on any atom is -0.326 e. The van der Waals surface area contributed by atoms with Gasteiger partial charge in [-0.15, -0.1) is 0 Å². The molecule has 1 N–H and O–H groups in total. The molecule has 0 heterocycles. The van der Waals surface area contributed by atoms with E-state index >= 15 is 0 Å². The third-order valence-electron chi connectivity index (χ3n) is 5.56. The lowest BCUT2D eigenvalue weighted by molar-refractivity contribution is -0.115. The van der Waals surface area contributed by atoms with Gasteiger partial charge in [0.25, 0.3) is 0 Å². The highest BCUT2D eigenvalue weighted by Crippen LogP contribution is 2.17. The minimum atomic E-state index is -3.25. The van der Waals surface area contributed by atoms with E-state index in [9.17, 15) is 17.6 Å². The number of benzene rings is 3. The summed E-state index contributed by atoms with van der Waals surface area (Å²) < 4.78 is 37.9. The highest BCUT2D eigenvalue weighted by Gasteiger charge is 2.12. The molecular weight excluding hydrogens is 451 g/mol. The molecule has 0 atom stereocenters. The Morgan fingerprint density at radius 1 is 0.882 bits per heavy atom. The second-order valence-electron chi connectivity index (χ2n) is 8.27. The van der Waals surface area contributed by atoms with Crippen LogP contribution in [0.4, 0.5) is 10.1 Å². The Kier molecular flexibility index (Phi) is 8.96. The zero-order valence-electron chi connectivity index (χ0n) is 19.6. The molecule has 34 heavy (non-hydrogen) atoms. The van der Waals surface area contributed by atoms with Crippen LogP contribution in [0.25, 0.3) is 0 Å². The highest BCUT2D eigenvalue weighted by molar-refractivity contribution is 7.91. The second kappa shape index (κ2) is 11.9. The molecule has 0 aliphatic carbocycles. The fourth-order valence-corrected chi connectivity index (χ4v) is 4.61. The van der Waals surface area contributed by atoms with Gasteiger partial charge >= 0.3 is 0 Å². The fraction of sp³-hybridized carbons (Fsp3) is 0.296. The molecule has 0 spiro atoms. The van der Waals surface area contributed by atoms with Gasteiger partial charge in [-0.1, -0.05) is 56.3 Å². The van der Waals surface area contributed by atoms with Crippen molar-refractivity contribution in [1.29, 1.82) is 0 Å². The van der Waals surface area contributed by atoms with Gasteiger partial charge in [0.05, 0.1) is 17.1 Å². The average Bonchev–Trinajstić information content (AvgIpc) is 2.82. The molecule has 0 saturated carbocycles. The highest BCUT2D eigenvalue weighted by atomic mass is 32.2. The third-order valence-corrected chi connectivity index (χ3v) is 7.31. The van der Waals surface area contributed by atoms with E-state index in [0.29, 0.717) is 24.3 Å². The molecule has 0 fully saturated rings. The maximum Gasteiger partial charge on any atom is 0.228 e. The molecule has 0 unspecified atom stereocenters. The first-order valence-electron chi connectivity index (χ1n) is 11.5. The zero-order valence-corrected chi connectivity index (χ0v) is 20.4. The topological polar surface area (TPSA) is 66.5 Å². The average molecular weight is 483 g/mol. The van der Waals surface area contributed by atoms with Gasteiger partial charge in [-0.3, -0.25) is 9.69 Å². The number of nitrogens with zero attached hydrogens (tertiary/aromatic N) is 1. The number of sulfone groups is 1. The number of hydrogen-bond donors (Lipinski definition) is 1. The molecule has 0 saturated heterocycles. The third kappa shape index (κ3) is 7.23. The number of nitrogens with one attached hydrogen (secondary N) is 1. The second-order valence-corrected chi connectivity index (χ2v) is 10.5. The molecule has 3 rings (SSSR count). The summed E-state index contributed by atoms with van der Waals surface area (Å²) >= 11 is 0. The molecule has 1 amide bonds. The molecule has 180 valence electrons. The van der Waals surface area contributed by atoms with Crippen LogP contribution in [0.2, 0.25) is 0 Å². The zero-order chi connectivity index (χ0) is 24.6. The van der Waals surface area contributed by atoms with Crippen LogP contribution in [-0.4, -0.2) is 31.5 Å². The van der Waals surface area contributed by atoms with Gasteiger partial charge in [-0.05, 0) is 54.4 Å². The lowest BCUT2D eigenvalue weighted by atomic mass is 10.1. The molecule has 0 aliphatic heterocycles. The van der Waals surface area contributed by atoms with Gasteiger partial charge in [0.1, 0.15) is 5.82 Å². The normalized spacial score (nSPS) is 11.5. The van der Waals surface area contributed by atoms with Crippen LogP contribution in [0, 0.1) is 5.82 Å². The predicted octanol–water partition coefficient (Wildman–Crippen LogP) is 5.21. The summed E-state index contributed by atoms with van der Waals surface area (Å²) in [4.78, 5) is 14.9. The van der Waals surface area contributed by atoms with Gasteiger partial charge in [0.2, 0.25) is 5.91 Å². The Bertz CT molecular complexity index is 1190. The standard InChI is InChI=1S/C27H31FN2O3S/c1-3-17-30(20-23-7-5-6-8-26(23)28)19-22-9-13-24(14-10-22)29-27(31)18-21-11-15-25(16-12-21)34(32,33)4-2/h5-16H,3-4,17-20H2,1-2H3,(H,29,31). The van der Waals surface area contributed by atoms with E-state index in [1.54, 1.807) is 37.3 Å². The number of hydrogen-bond acceptors (Lipinski definition) is 4. The van der Waals surface area contributed by atoms with Crippen molar-refractivity contribution in [2.75, 3.05) is 17.6 Å². The van der Waals surface area contributed by atoms with E-state index in [1.165, 1.54) is 6.07 Å².